The summed E-state index contributed by atoms with van der Waals surface area (Å²) in [6.07, 6.45) is 1.69. The van der Waals surface area contributed by atoms with Crippen LogP contribution in [-0.4, -0.2) is 47.1 Å². The van der Waals surface area contributed by atoms with E-state index in [1.807, 2.05) is 37.3 Å². The zero-order valence-electron chi connectivity index (χ0n) is 21.7. The van der Waals surface area contributed by atoms with Crippen molar-refractivity contribution in [1.29, 1.82) is 5.26 Å². The number of aromatic carboxylic acids is 1. The minimum Gasteiger partial charge on any atom is -0.478 e. The van der Waals surface area contributed by atoms with E-state index in [1.165, 1.54) is 6.07 Å². The summed E-state index contributed by atoms with van der Waals surface area (Å²) >= 11 is 0. The molecule has 8 heteroatoms. The molecule has 198 valence electrons. The predicted molar refractivity (Wildman–Crippen MR) is 151 cm³/mol. The molecule has 1 fully saturated rings. The number of carboxylic acid groups (broad SMARTS) is 1. The van der Waals surface area contributed by atoms with E-state index in [0.29, 0.717) is 11.3 Å². The van der Waals surface area contributed by atoms with Gasteiger partial charge in [0, 0.05) is 32.7 Å². The first-order valence-corrected chi connectivity index (χ1v) is 12.6. The third-order valence-electron chi connectivity index (χ3n) is 6.57. The number of carboxylic acids is 1. The fourth-order valence-corrected chi connectivity index (χ4v) is 4.40. The number of hydrogen-bond donors (Lipinski definition) is 2. The van der Waals surface area contributed by atoms with E-state index in [-0.39, 0.29) is 11.4 Å². The summed E-state index contributed by atoms with van der Waals surface area (Å²) in [4.78, 5) is 19.9. The predicted octanol–water partition coefficient (Wildman–Crippen LogP) is 5.36. The van der Waals surface area contributed by atoms with Crippen molar-refractivity contribution in [2.45, 2.75) is 13.5 Å². The number of pyridine rings is 1. The first-order chi connectivity index (χ1) is 18.8. The smallest absolute Gasteiger partial charge is 0.335 e. The maximum Gasteiger partial charge on any atom is 0.335 e. The lowest BCUT2D eigenvalue weighted by Crippen LogP contribution is -2.46. The quantitative estimate of drug-likeness (QED) is 0.363. The van der Waals surface area contributed by atoms with Crippen molar-refractivity contribution in [3.63, 3.8) is 0 Å². The lowest BCUT2D eigenvalue weighted by molar-refractivity contribution is 0.0697. The number of piperazine rings is 1. The first-order valence-electron chi connectivity index (χ1n) is 12.6. The Bertz CT molecular complexity index is 1460. The van der Waals surface area contributed by atoms with Gasteiger partial charge in [0.15, 0.2) is 0 Å². The van der Waals surface area contributed by atoms with Crippen molar-refractivity contribution in [1.82, 2.24) is 9.88 Å². The van der Waals surface area contributed by atoms with Gasteiger partial charge in [-0.15, -0.1) is 0 Å². The summed E-state index contributed by atoms with van der Waals surface area (Å²) in [7, 11) is 0. The summed E-state index contributed by atoms with van der Waals surface area (Å²) in [6, 6.07) is 24.8. The first kappa shape index (κ1) is 27.3. The Kier molecular flexibility index (Phi) is 8.87. The summed E-state index contributed by atoms with van der Waals surface area (Å²) in [6.45, 7) is 6.46. The van der Waals surface area contributed by atoms with Crippen molar-refractivity contribution < 1.29 is 14.3 Å². The molecule has 1 saturated heterocycles. The summed E-state index contributed by atoms with van der Waals surface area (Å²) < 4.78 is 13.2. The third kappa shape index (κ3) is 7.40. The number of carbonyl (C=O) groups is 1. The maximum atomic E-state index is 13.2. The Morgan fingerprint density at radius 3 is 2.38 bits per heavy atom. The molecule has 0 amide bonds. The van der Waals surface area contributed by atoms with E-state index >= 15 is 0 Å². The van der Waals surface area contributed by atoms with Gasteiger partial charge in [0.1, 0.15) is 11.6 Å². The number of hydrogen-bond acceptors (Lipinski definition) is 6. The van der Waals surface area contributed by atoms with E-state index in [1.54, 1.807) is 48.7 Å². The molecule has 0 aliphatic carbocycles. The number of nitrogen functional groups attached to an aromatic ring is 1. The van der Waals surface area contributed by atoms with Crippen LogP contribution in [0.4, 0.5) is 15.9 Å². The molecule has 0 atom stereocenters. The van der Waals surface area contributed by atoms with Gasteiger partial charge in [0.25, 0.3) is 0 Å². The van der Waals surface area contributed by atoms with E-state index in [9.17, 15) is 9.18 Å². The van der Waals surface area contributed by atoms with Crippen LogP contribution in [0, 0.1) is 24.1 Å². The molecule has 0 saturated carbocycles. The third-order valence-corrected chi connectivity index (χ3v) is 6.57. The highest BCUT2D eigenvalue weighted by atomic mass is 19.1. The molecule has 4 aromatic rings. The second kappa shape index (κ2) is 12.7. The Morgan fingerprint density at radius 2 is 1.77 bits per heavy atom. The molecular weight excluding hydrogens is 493 g/mol. The minimum atomic E-state index is -0.940. The van der Waals surface area contributed by atoms with Gasteiger partial charge in [0.2, 0.25) is 0 Å². The molecule has 2 heterocycles. The van der Waals surface area contributed by atoms with Gasteiger partial charge in [-0.25, -0.2) is 14.2 Å². The van der Waals surface area contributed by atoms with Crippen LogP contribution in [0.2, 0.25) is 0 Å². The molecule has 7 nitrogen and oxygen atoms in total. The second-order valence-corrected chi connectivity index (χ2v) is 9.37. The number of halogens is 1. The normalized spacial score (nSPS) is 13.2. The van der Waals surface area contributed by atoms with E-state index in [2.05, 4.69) is 20.9 Å². The van der Waals surface area contributed by atoms with Gasteiger partial charge in [0.05, 0.1) is 29.1 Å². The van der Waals surface area contributed by atoms with Crippen molar-refractivity contribution in [2.24, 2.45) is 0 Å². The topological polar surface area (TPSA) is 106 Å². The zero-order chi connectivity index (χ0) is 27.8. The van der Waals surface area contributed by atoms with Gasteiger partial charge in [-0.3, -0.25) is 4.90 Å². The zero-order valence-corrected chi connectivity index (χ0v) is 21.7. The number of rotatable bonds is 5. The van der Waals surface area contributed by atoms with Crippen LogP contribution in [0.25, 0.3) is 11.1 Å². The van der Waals surface area contributed by atoms with Gasteiger partial charge < -0.3 is 15.7 Å². The average Bonchev–Trinajstić information content (AvgIpc) is 2.95. The molecule has 3 aromatic carbocycles. The fraction of sp³-hybridized carbons (Fsp3) is 0.194. The highest BCUT2D eigenvalue weighted by molar-refractivity contribution is 5.90. The fourth-order valence-electron chi connectivity index (χ4n) is 4.40. The molecule has 1 aliphatic heterocycles. The Morgan fingerprint density at radius 1 is 1.03 bits per heavy atom. The molecule has 0 unspecified atom stereocenters. The van der Waals surface area contributed by atoms with Crippen LogP contribution in [0.3, 0.4) is 0 Å². The Labute approximate surface area is 227 Å². The van der Waals surface area contributed by atoms with E-state index < -0.39 is 5.97 Å². The number of aryl methyl sites for hydroxylation is 1. The monoisotopic (exact) mass is 523 g/mol. The standard InChI is InChI=1S/C16H19FN4.C15H11NO2/c17-14-3-1-2-13(10-14)12-20-6-8-21(9-7-20)16-5-4-15(18)11-19-16;1-10-2-5-13(15(17)18)8-14(10)12-6-3-11(9-16)4-7-12/h1-5,10-11H,6-9,12,18H2;2-8H,1H3,(H,17,18). The molecule has 0 spiro atoms. The maximum absolute atomic E-state index is 13.2. The number of aromatic nitrogens is 1. The lowest BCUT2D eigenvalue weighted by atomic mass is 9.97. The highest BCUT2D eigenvalue weighted by Gasteiger charge is 2.18. The van der Waals surface area contributed by atoms with Crippen molar-refractivity contribution in [3.05, 3.63) is 113 Å². The largest absolute Gasteiger partial charge is 0.478 e. The van der Waals surface area contributed by atoms with Crippen molar-refractivity contribution in [2.75, 3.05) is 36.8 Å². The molecule has 5 rings (SSSR count). The van der Waals surface area contributed by atoms with Gasteiger partial charge >= 0.3 is 5.97 Å². The number of nitrogens with zero attached hydrogens (tertiary/aromatic N) is 4. The van der Waals surface area contributed by atoms with Crippen LogP contribution in [0.5, 0.6) is 0 Å². The van der Waals surface area contributed by atoms with Gasteiger partial charge in [-0.1, -0.05) is 30.3 Å². The van der Waals surface area contributed by atoms with Crippen LogP contribution in [-0.2, 0) is 6.54 Å². The van der Waals surface area contributed by atoms with Crippen LogP contribution < -0.4 is 10.6 Å². The summed E-state index contributed by atoms with van der Waals surface area (Å²) in [5.74, 6) is -0.142. The Balaban J connectivity index is 0.000000183. The lowest BCUT2D eigenvalue weighted by Gasteiger charge is -2.35. The number of anilines is 2. The summed E-state index contributed by atoms with van der Waals surface area (Å²) in [5, 5.41) is 17.7. The molecule has 3 N–H and O–H groups in total. The highest BCUT2D eigenvalue weighted by Crippen LogP contribution is 2.25. The van der Waals surface area contributed by atoms with Crippen molar-refractivity contribution in [3.8, 4) is 17.2 Å². The molecule has 0 radical (unpaired) electrons. The number of benzene rings is 3. The molecule has 1 aromatic heterocycles. The van der Waals surface area contributed by atoms with Crippen LogP contribution >= 0.6 is 0 Å². The minimum absolute atomic E-state index is 0.169. The van der Waals surface area contributed by atoms with Gasteiger partial charge in [-0.05, 0) is 77.7 Å². The molecule has 39 heavy (non-hydrogen) atoms. The Hall–Kier alpha value is -4.74. The number of nitriles is 1. The van der Waals surface area contributed by atoms with Crippen LogP contribution in [0.15, 0.2) is 85.1 Å². The average molecular weight is 524 g/mol. The van der Waals surface area contributed by atoms with Crippen molar-refractivity contribution >= 4 is 17.5 Å². The van der Waals surface area contributed by atoms with Crippen LogP contribution in [0.1, 0.15) is 27.0 Å². The summed E-state index contributed by atoms with van der Waals surface area (Å²) in [5.41, 5.74) is 11.0. The molecule has 1 aliphatic rings. The van der Waals surface area contributed by atoms with E-state index in [4.69, 9.17) is 16.1 Å². The van der Waals surface area contributed by atoms with Gasteiger partial charge in [-0.2, -0.15) is 5.26 Å². The molecule has 0 bridgehead atoms. The second-order valence-electron chi connectivity index (χ2n) is 9.37. The SMILES string of the molecule is Cc1ccc(C(=O)O)cc1-c1ccc(C#N)cc1.Nc1ccc(N2CCN(Cc3cccc(F)c3)CC2)nc1. The molecular formula is C31H30FN5O2. The number of nitrogens with two attached hydrogens (primary N) is 1. The van der Waals surface area contributed by atoms with E-state index in [0.717, 1.165) is 60.8 Å².